The van der Waals surface area contributed by atoms with Crippen LogP contribution in [0.4, 0.5) is 15.8 Å². The minimum atomic E-state index is -0.441. The number of nitrogens with zero attached hydrogens (tertiary/aromatic N) is 3. The van der Waals surface area contributed by atoms with Gasteiger partial charge in [0.2, 0.25) is 0 Å². The topological polar surface area (TPSA) is 73.0 Å². The molecule has 0 bridgehead atoms. The van der Waals surface area contributed by atoms with Crippen molar-refractivity contribution < 1.29 is 18.8 Å². The summed E-state index contributed by atoms with van der Waals surface area (Å²) in [5, 5.41) is 3.44. The second-order valence-corrected chi connectivity index (χ2v) is 10.3. The van der Waals surface area contributed by atoms with Crippen LogP contribution in [-0.4, -0.2) is 66.8 Å². The molecule has 2 aliphatic heterocycles. The van der Waals surface area contributed by atoms with Crippen molar-refractivity contribution in [2.75, 3.05) is 49.5 Å². The Hall–Kier alpha value is -3.91. The van der Waals surface area contributed by atoms with Gasteiger partial charge in [-0.2, -0.15) is 0 Å². The van der Waals surface area contributed by atoms with Gasteiger partial charge in [0.1, 0.15) is 5.82 Å². The number of carbonyl (C=O) groups is 3. The van der Waals surface area contributed by atoms with Crippen LogP contribution in [0.5, 0.6) is 0 Å². The summed E-state index contributed by atoms with van der Waals surface area (Å²) in [5.74, 6) is -1.01. The number of carbonyl (C=O) groups excluding carboxylic acids is 3. The molecule has 9 heteroatoms. The van der Waals surface area contributed by atoms with Crippen LogP contribution in [0.1, 0.15) is 50.3 Å². The Morgan fingerprint density at radius 3 is 2.10 bits per heavy atom. The second kappa shape index (κ2) is 11.9. The van der Waals surface area contributed by atoms with Gasteiger partial charge in [0.05, 0.1) is 5.56 Å². The van der Waals surface area contributed by atoms with E-state index < -0.39 is 5.82 Å². The lowest BCUT2D eigenvalue weighted by atomic mass is 10.0. The van der Waals surface area contributed by atoms with Crippen molar-refractivity contribution in [2.45, 2.75) is 19.3 Å². The molecule has 0 radical (unpaired) electrons. The molecule has 2 fully saturated rings. The average Bonchev–Trinajstić information content (AvgIpc) is 2.97. The lowest BCUT2D eigenvalue weighted by Crippen LogP contribution is -2.49. The molecule has 202 valence electrons. The van der Waals surface area contributed by atoms with Gasteiger partial charge in [-0.05, 0) is 79.9 Å². The van der Waals surface area contributed by atoms with Crippen LogP contribution in [0.15, 0.2) is 66.7 Å². The maximum absolute atomic E-state index is 13.7. The molecule has 3 aromatic rings. The lowest BCUT2D eigenvalue weighted by Gasteiger charge is -2.37. The molecular formula is C30H30ClFN4O3. The average molecular weight is 549 g/mol. The zero-order chi connectivity index (χ0) is 27.4. The molecule has 0 aliphatic carbocycles. The first-order valence-electron chi connectivity index (χ1n) is 13.2. The molecule has 0 spiro atoms. The van der Waals surface area contributed by atoms with Crippen molar-refractivity contribution in [1.82, 2.24) is 9.80 Å². The summed E-state index contributed by atoms with van der Waals surface area (Å²) >= 11 is 5.95. The number of likely N-dealkylation sites (tertiary alicyclic amines) is 1. The predicted octanol–water partition coefficient (Wildman–Crippen LogP) is 5.32. The van der Waals surface area contributed by atoms with E-state index in [0.717, 1.165) is 24.9 Å². The second-order valence-electron chi connectivity index (χ2n) is 9.84. The number of benzene rings is 3. The van der Waals surface area contributed by atoms with E-state index >= 15 is 0 Å². The van der Waals surface area contributed by atoms with Crippen molar-refractivity contribution in [3.8, 4) is 0 Å². The molecule has 39 heavy (non-hydrogen) atoms. The third-order valence-corrected chi connectivity index (χ3v) is 7.47. The number of piperazine rings is 1. The first kappa shape index (κ1) is 26.7. The van der Waals surface area contributed by atoms with Crippen LogP contribution < -0.4 is 10.2 Å². The van der Waals surface area contributed by atoms with Crippen LogP contribution in [0.25, 0.3) is 0 Å². The number of anilines is 2. The van der Waals surface area contributed by atoms with E-state index in [9.17, 15) is 18.8 Å². The minimum absolute atomic E-state index is 0.0643. The van der Waals surface area contributed by atoms with Crippen LogP contribution in [0.2, 0.25) is 5.02 Å². The lowest BCUT2D eigenvalue weighted by molar-refractivity contribution is 0.0718. The normalized spacial score (nSPS) is 15.7. The summed E-state index contributed by atoms with van der Waals surface area (Å²) in [7, 11) is 0. The van der Waals surface area contributed by atoms with Crippen LogP contribution in [0.3, 0.4) is 0 Å². The van der Waals surface area contributed by atoms with Gasteiger partial charge in [0, 0.05) is 66.8 Å². The van der Waals surface area contributed by atoms with Gasteiger partial charge in [0.15, 0.2) is 0 Å². The number of halogens is 2. The fraction of sp³-hybridized carbons (Fsp3) is 0.300. The van der Waals surface area contributed by atoms with E-state index in [1.807, 2.05) is 11.0 Å². The number of nitrogens with one attached hydrogen (secondary N) is 1. The smallest absolute Gasteiger partial charge is 0.256 e. The maximum Gasteiger partial charge on any atom is 0.256 e. The molecule has 0 saturated carbocycles. The first-order chi connectivity index (χ1) is 18.9. The molecule has 2 saturated heterocycles. The molecule has 3 aromatic carbocycles. The van der Waals surface area contributed by atoms with Gasteiger partial charge in [-0.25, -0.2) is 4.39 Å². The van der Waals surface area contributed by atoms with E-state index in [2.05, 4.69) is 10.2 Å². The SMILES string of the molecule is O=C(Nc1ccc(N2CCN(C(=O)c3cccc(F)c3)CC2)c(C(=O)N2CCCCC2)c1)c1ccc(Cl)cc1. The van der Waals surface area contributed by atoms with E-state index in [-0.39, 0.29) is 17.7 Å². The van der Waals surface area contributed by atoms with Gasteiger partial charge in [-0.1, -0.05) is 17.7 Å². The molecule has 0 aromatic heterocycles. The van der Waals surface area contributed by atoms with Gasteiger partial charge in [0.25, 0.3) is 17.7 Å². The predicted molar refractivity (Wildman–Crippen MR) is 150 cm³/mol. The first-order valence-corrected chi connectivity index (χ1v) is 13.6. The third kappa shape index (κ3) is 6.23. The highest BCUT2D eigenvalue weighted by atomic mass is 35.5. The maximum atomic E-state index is 13.7. The van der Waals surface area contributed by atoms with E-state index in [4.69, 9.17) is 11.6 Å². The van der Waals surface area contributed by atoms with Gasteiger partial charge >= 0.3 is 0 Å². The highest BCUT2D eigenvalue weighted by molar-refractivity contribution is 6.30. The summed E-state index contributed by atoms with van der Waals surface area (Å²) in [4.78, 5) is 45.0. The van der Waals surface area contributed by atoms with E-state index in [1.165, 1.54) is 18.2 Å². The quantitative estimate of drug-likeness (QED) is 0.468. The molecule has 7 nitrogen and oxygen atoms in total. The van der Waals surface area contributed by atoms with Crippen molar-refractivity contribution in [3.63, 3.8) is 0 Å². The van der Waals surface area contributed by atoms with E-state index in [1.54, 1.807) is 47.4 Å². The Kier molecular flexibility index (Phi) is 8.12. The molecule has 2 aliphatic rings. The number of piperidine rings is 1. The minimum Gasteiger partial charge on any atom is -0.367 e. The van der Waals surface area contributed by atoms with Gasteiger partial charge in [-0.3, -0.25) is 14.4 Å². The number of hydrogen-bond acceptors (Lipinski definition) is 4. The zero-order valence-electron chi connectivity index (χ0n) is 21.5. The zero-order valence-corrected chi connectivity index (χ0v) is 22.3. The van der Waals surface area contributed by atoms with Crippen molar-refractivity contribution >= 4 is 40.7 Å². The van der Waals surface area contributed by atoms with Crippen molar-refractivity contribution in [3.05, 3.63) is 94.3 Å². The molecule has 3 amide bonds. The summed E-state index contributed by atoms with van der Waals surface area (Å²) < 4.78 is 13.6. The van der Waals surface area contributed by atoms with Crippen molar-refractivity contribution in [2.24, 2.45) is 0 Å². The Morgan fingerprint density at radius 2 is 1.41 bits per heavy atom. The molecule has 2 heterocycles. The largest absolute Gasteiger partial charge is 0.367 e. The fourth-order valence-electron chi connectivity index (χ4n) is 5.09. The Morgan fingerprint density at radius 1 is 0.718 bits per heavy atom. The summed E-state index contributed by atoms with van der Waals surface area (Å²) in [5.41, 5.74) is 2.61. The Labute approximate surface area is 232 Å². The molecule has 1 N–H and O–H groups in total. The van der Waals surface area contributed by atoms with Crippen LogP contribution >= 0.6 is 11.6 Å². The molecule has 5 rings (SSSR count). The summed E-state index contributed by atoms with van der Waals surface area (Å²) in [6.07, 6.45) is 3.04. The number of hydrogen-bond donors (Lipinski definition) is 1. The number of rotatable bonds is 5. The monoisotopic (exact) mass is 548 g/mol. The Balaban J connectivity index is 1.35. The summed E-state index contributed by atoms with van der Waals surface area (Å²) in [6.45, 7) is 3.35. The van der Waals surface area contributed by atoms with E-state index in [0.29, 0.717) is 66.7 Å². The molecular weight excluding hydrogens is 519 g/mol. The van der Waals surface area contributed by atoms with Crippen LogP contribution in [0, 0.1) is 5.82 Å². The van der Waals surface area contributed by atoms with Crippen molar-refractivity contribution in [1.29, 1.82) is 0 Å². The highest BCUT2D eigenvalue weighted by Gasteiger charge is 2.27. The standard InChI is InChI=1S/C30H30ClFN4O3/c31-23-9-7-21(8-10-23)28(37)33-25-11-12-27(26(20-25)30(39)35-13-2-1-3-14-35)34-15-17-36(18-16-34)29(38)22-5-4-6-24(32)19-22/h4-12,19-20H,1-3,13-18H2,(H,33,37). The Bertz CT molecular complexity index is 1370. The van der Waals surface area contributed by atoms with Crippen LogP contribution in [-0.2, 0) is 0 Å². The number of amides is 3. The van der Waals surface area contributed by atoms with Gasteiger partial charge in [-0.15, -0.1) is 0 Å². The highest BCUT2D eigenvalue weighted by Crippen LogP contribution is 2.29. The molecule has 0 unspecified atom stereocenters. The fourth-order valence-corrected chi connectivity index (χ4v) is 5.21. The third-order valence-electron chi connectivity index (χ3n) is 7.21. The van der Waals surface area contributed by atoms with Gasteiger partial charge < -0.3 is 20.0 Å². The molecule has 0 atom stereocenters. The summed E-state index contributed by atoms with van der Waals surface area (Å²) in [6, 6.07) is 17.7.